The summed E-state index contributed by atoms with van der Waals surface area (Å²) in [7, 11) is 0. The van der Waals surface area contributed by atoms with E-state index in [0.29, 0.717) is 5.56 Å². The van der Waals surface area contributed by atoms with Crippen LogP contribution < -0.4 is 5.73 Å². The van der Waals surface area contributed by atoms with E-state index in [1.807, 2.05) is 31.2 Å². The van der Waals surface area contributed by atoms with Crippen LogP contribution in [0, 0.1) is 6.92 Å². The Hall–Kier alpha value is -2.29. The molecule has 84 valence electrons. The van der Waals surface area contributed by atoms with Crippen molar-refractivity contribution in [2.75, 3.05) is 0 Å². The third-order valence-electron chi connectivity index (χ3n) is 3.04. The van der Waals surface area contributed by atoms with E-state index in [-0.39, 0.29) is 0 Å². The summed E-state index contributed by atoms with van der Waals surface area (Å²) < 4.78 is 0. The Bertz CT molecular complexity index is 740. The van der Waals surface area contributed by atoms with E-state index in [1.54, 1.807) is 6.07 Å². The molecule has 3 nitrogen and oxygen atoms in total. The van der Waals surface area contributed by atoms with Crippen molar-refractivity contribution in [1.82, 2.24) is 4.98 Å². The van der Waals surface area contributed by atoms with E-state index in [2.05, 4.69) is 11.1 Å². The molecule has 0 fully saturated rings. The van der Waals surface area contributed by atoms with E-state index in [9.17, 15) is 4.79 Å². The molecule has 0 aliphatic carbocycles. The summed E-state index contributed by atoms with van der Waals surface area (Å²) in [6.07, 6.45) is 0. The van der Waals surface area contributed by atoms with E-state index in [1.165, 1.54) is 5.56 Å². The van der Waals surface area contributed by atoms with Crippen molar-refractivity contribution in [2.45, 2.75) is 6.92 Å². The van der Waals surface area contributed by atoms with Gasteiger partial charge in [0.2, 0.25) is 5.91 Å². The van der Waals surface area contributed by atoms with Crippen molar-refractivity contribution < 1.29 is 4.79 Å². The molecule has 17 heavy (non-hydrogen) atoms. The topological polar surface area (TPSA) is 58.9 Å². The molecule has 3 rings (SSSR count). The fourth-order valence-electron chi connectivity index (χ4n) is 2.28. The van der Waals surface area contributed by atoms with Crippen molar-refractivity contribution in [1.29, 1.82) is 0 Å². The monoisotopic (exact) mass is 224 g/mol. The van der Waals surface area contributed by atoms with Gasteiger partial charge in [-0.15, -0.1) is 0 Å². The van der Waals surface area contributed by atoms with Gasteiger partial charge < -0.3 is 10.7 Å². The van der Waals surface area contributed by atoms with Crippen molar-refractivity contribution in [3.63, 3.8) is 0 Å². The minimum Gasteiger partial charge on any atom is -0.366 e. The van der Waals surface area contributed by atoms with Crippen molar-refractivity contribution >= 4 is 27.7 Å². The number of nitrogens with one attached hydrogen (secondary N) is 1. The van der Waals surface area contributed by atoms with Gasteiger partial charge in [0.15, 0.2) is 0 Å². The van der Waals surface area contributed by atoms with Crippen LogP contribution in [-0.4, -0.2) is 10.9 Å². The maximum absolute atomic E-state index is 11.4. The number of H-pyrrole nitrogens is 1. The number of aromatic nitrogens is 1. The quantitative estimate of drug-likeness (QED) is 0.656. The first kappa shape index (κ1) is 9.90. The molecule has 1 aromatic heterocycles. The predicted molar refractivity (Wildman–Crippen MR) is 69.1 cm³/mol. The maximum Gasteiger partial charge on any atom is 0.249 e. The van der Waals surface area contributed by atoms with Crippen LogP contribution in [0.5, 0.6) is 0 Å². The smallest absolute Gasteiger partial charge is 0.249 e. The first-order valence-corrected chi connectivity index (χ1v) is 5.47. The minimum atomic E-state index is -0.392. The van der Waals surface area contributed by atoms with Crippen LogP contribution in [0.25, 0.3) is 21.8 Å². The van der Waals surface area contributed by atoms with E-state index < -0.39 is 5.91 Å². The standard InChI is InChI=1S/C14H12N2O/c1-8-5-6-9-12(7-8)16-11-4-2-3-10(13(9)11)14(15)17/h2-7,16H,1H3,(H2,15,17). The number of hydrogen-bond acceptors (Lipinski definition) is 1. The number of carbonyl (C=O) groups is 1. The molecule has 0 spiro atoms. The van der Waals surface area contributed by atoms with Gasteiger partial charge >= 0.3 is 0 Å². The molecule has 0 unspecified atom stereocenters. The summed E-state index contributed by atoms with van der Waals surface area (Å²) in [4.78, 5) is 14.7. The van der Waals surface area contributed by atoms with Crippen LogP contribution in [0.4, 0.5) is 0 Å². The van der Waals surface area contributed by atoms with Crippen LogP contribution in [0.15, 0.2) is 36.4 Å². The largest absolute Gasteiger partial charge is 0.366 e. The second kappa shape index (κ2) is 3.35. The maximum atomic E-state index is 11.4. The summed E-state index contributed by atoms with van der Waals surface area (Å²) in [5.41, 5.74) is 9.14. The highest BCUT2D eigenvalue weighted by molar-refractivity contribution is 6.17. The number of primary amides is 1. The Morgan fingerprint density at radius 3 is 2.76 bits per heavy atom. The van der Waals surface area contributed by atoms with Gasteiger partial charge in [-0.1, -0.05) is 18.2 Å². The molecule has 0 bridgehead atoms. The first-order valence-electron chi connectivity index (χ1n) is 5.47. The average molecular weight is 224 g/mol. The lowest BCUT2D eigenvalue weighted by atomic mass is 10.1. The molecule has 0 radical (unpaired) electrons. The number of carbonyl (C=O) groups excluding carboxylic acids is 1. The van der Waals surface area contributed by atoms with Crippen molar-refractivity contribution in [2.24, 2.45) is 5.73 Å². The highest BCUT2D eigenvalue weighted by atomic mass is 16.1. The van der Waals surface area contributed by atoms with Gasteiger partial charge in [0.25, 0.3) is 0 Å². The number of amides is 1. The Morgan fingerprint density at radius 2 is 2.00 bits per heavy atom. The number of aryl methyl sites for hydroxylation is 1. The number of aromatic amines is 1. The third kappa shape index (κ3) is 1.40. The Labute approximate surface area is 98.2 Å². The van der Waals surface area contributed by atoms with Gasteiger partial charge in [0.1, 0.15) is 0 Å². The van der Waals surface area contributed by atoms with Crippen LogP contribution in [0.2, 0.25) is 0 Å². The molecule has 0 aliphatic heterocycles. The molecular weight excluding hydrogens is 212 g/mol. The van der Waals surface area contributed by atoms with Crippen molar-refractivity contribution in [3.8, 4) is 0 Å². The summed E-state index contributed by atoms with van der Waals surface area (Å²) in [6.45, 7) is 2.04. The van der Waals surface area contributed by atoms with Crippen LogP contribution in [0.1, 0.15) is 15.9 Å². The lowest BCUT2D eigenvalue weighted by molar-refractivity contribution is 0.100. The SMILES string of the molecule is Cc1ccc2c(c1)[nH]c1cccc(C(N)=O)c12. The molecular formula is C14H12N2O. The highest BCUT2D eigenvalue weighted by Crippen LogP contribution is 2.28. The summed E-state index contributed by atoms with van der Waals surface area (Å²) in [5, 5.41) is 1.95. The molecule has 0 saturated heterocycles. The van der Waals surface area contributed by atoms with Gasteiger partial charge in [0.05, 0.1) is 0 Å². The zero-order valence-corrected chi connectivity index (χ0v) is 9.45. The van der Waals surface area contributed by atoms with Crippen LogP contribution in [0.3, 0.4) is 0 Å². The van der Waals surface area contributed by atoms with Gasteiger partial charge in [-0.25, -0.2) is 0 Å². The fraction of sp³-hybridized carbons (Fsp3) is 0.0714. The second-order valence-corrected chi connectivity index (χ2v) is 4.27. The first-order chi connectivity index (χ1) is 8.16. The average Bonchev–Trinajstić information content (AvgIpc) is 2.65. The van der Waals surface area contributed by atoms with E-state index in [0.717, 1.165) is 21.8 Å². The summed E-state index contributed by atoms with van der Waals surface area (Å²) in [6, 6.07) is 11.7. The molecule has 0 atom stereocenters. The Balaban J connectivity index is 2.53. The second-order valence-electron chi connectivity index (χ2n) is 4.27. The normalized spacial score (nSPS) is 11.1. The lowest BCUT2D eigenvalue weighted by Gasteiger charge is -1.98. The molecule has 2 aromatic carbocycles. The van der Waals surface area contributed by atoms with Gasteiger partial charge in [-0.05, 0) is 30.7 Å². The van der Waals surface area contributed by atoms with Gasteiger partial charge in [0, 0.05) is 27.4 Å². The molecule has 3 heteroatoms. The number of fused-ring (bicyclic) bond motifs is 3. The number of rotatable bonds is 1. The summed E-state index contributed by atoms with van der Waals surface area (Å²) >= 11 is 0. The summed E-state index contributed by atoms with van der Waals surface area (Å²) in [5.74, 6) is -0.392. The predicted octanol–water partition coefficient (Wildman–Crippen LogP) is 2.73. The molecule has 1 heterocycles. The number of hydrogen-bond donors (Lipinski definition) is 2. The number of benzene rings is 2. The molecule has 3 N–H and O–H groups in total. The lowest BCUT2D eigenvalue weighted by Crippen LogP contribution is -2.10. The van der Waals surface area contributed by atoms with E-state index >= 15 is 0 Å². The molecule has 3 aromatic rings. The van der Waals surface area contributed by atoms with Gasteiger partial charge in [-0.2, -0.15) is 0 Å². The molecule has 0 aliphatic rings. The zero-order valence-electron chi connectivity index (χ0n) is 9.45. The highest BCUT2D eigenvalue weighted by Gasteiger charge is 2.11. The molecule has 1 amide bonds. The van der Waals surface area contributed by atoms with E-state index in [4.69, 9.17) is 5.73 Å². The van der Waals surface area contributed by atoms with Crippen LogP contribution in [-0.2, 0) is 0 Å². The number of nitrogens with two attached hydrogens (primary N) is 1. The fourth-order valence-corrected chi connectivity index (χ4v) is 2.28. The molecule has 0 saturated carbocycles. The Kier molecular flexibility index (Phi) is 1.95. The van der Waals surface area contributed by atoms with Crippen molar-refractivity contribution in [3.05, 3.63) is 47.5 Å². The van der Waals surface area contributed by atoms with Gasteiger partial charge in [-0.3, -0.25) is 4.79 Å². The minimum absolute atomic E-state index is 0.392. The third-order valence-corrected chi connectivity index (χ3v) is 3.04. The zero-order chi connectivity index (χ0) is 12.0. The Morgan fingerprint density at radius 1 is 1.18 bits per heavy atom. The van der Waals surface area contributed by atoms with Crippen LogP contribution >= 0.6 is 0 Å².